The molecule has 0 aliphatic carbocycles. The van der Waals surface area contributed by atoms with Crippen molar-refractivity contribution in [3.8, 4) is 0 Å². The first kappa shape index (κ1) is 35.9. The monoisotopic (exact) mass is 524 g/mol. The Bertz CT molecular complexity index is 553. The van der Waals surface area contributed by atoms with E-state index in [4.69, 9.17) is 9.47 Å². The molecule has 2 unspecified atom stereocenters. The van der Waals surface area contributed by atoms with Crippen LogP contribution in [-0.2, 0) is 19.1 Å². The molecule has 0 radical (unpaired) electrons. The van der Waals surface area contributed by atoms with Gasteiger partial charge in [0.15, 0.2) is 0 Å². The Morgan fingerprint density at radius 3 is 1.46 bits per heavy atom. The third-order valence-corrected chi connectivity index (χ3v) is 7.59. The number of hydrogen-bond acceptors (Lipinski definition) is 4. The molecule has 0 aromatic carbocycles. The van der Waals surface area contributed by atoms with E-state index in [1.165, 1.54) is 44.9 Å². The quantitative estimate of drug-likeness (QED) is 0.0931. The summed E-state index contributed by atoms with van der Waals surface area (Å²) in [4.78, 5) is 24.8. The maximum absolute atomic E-state index is 13.0. The lowest BCUT2D eigenvalue weighted by Gasteiger charge is -2.31. The molecule has 0 bridgehead atoms. The van der Waals surface area contributed by atoms with Crippen molar-refractivity contribution in [1.82, 2.24) is 0 Å². The fraction of sp³-hybridized carbons (Fsp3) is 0.939. The van der Waals surface area contributed by atoms with E-state index in [2.05, 4.69) is 55.4 Å². The predicted molar refractivity (Wildman–Crippen MR) is 158 cm³/mol. The van der Waals surface area contributed by atoms with Gasteiger partial charge < -0.3 is 9.47 Å². The fourth-order valence-corrected chi connectivity index (χ4v) is 5.24. The molecule has 0 aromatic rings. The summed E-state index contributed by atoms with van der Waals surface area (Å²) in [7, 11) is 0. The first-order valence-corrected chi connectivity index (χ1v) is 15.9. The number of rotatable bonds is 24. The number of esters is 2. The Kier molecular flexibility index (Phi) is 22.2. The predicted octanol–water partition coefficient (Wildman–Crippen LogP) is 9.78. The zero-order valence-electron chi connectivity index (χ0n) is 26.1. The maximum Gasteiger partial charge on any atom is 0.309 e. The number of carbonyl (C=O) groups excluding carboxylic acids is 2. The van der Waals surface area contributed by atoms with E-state index in [-0.39, 0.29) is 17.9 Å². The molecule has 0 spiro atoms. The third-order valence-electron chi connectivity index (χ3n) is 7.59. The van der Waals surface area contributed by atoms with E-state index in [0.717, 1.165) is 50.9 Å². The van der Waals surface area contributed by atoms with E-state index in [1.54, 1.807) is 0 Å². The lowest BCUT2D eigenvalue weighted by Crippen LogP contribution is -2.33. The van der Waals surface area contributed by atoms with Crippen molar-refractivity contribution in [3.05, 3.63) is 0 Å². The Hall–Kier alpha value is -1.06. The van der Waals surface area contributed by atoms with E-state index in [1.807, 2.05) is 0 Å². The summed E-state index contributed by atoms with van der Waals surface area (Å²) in [5, 5.41) is 0. The minimum absolute atomic E-state index is 0.0000561. The van der Waals surface area contributed by atoms with E-state index < -0.39 is 0 Å². The van der Waals surface area contributed by atoms with Gasteiger partial charge in [-0.3, -0.25) is 9.59 Å². The highest BCUT2D eigenvalue weighted by Gasteiger charge is 2.33. The van der Waals surface area contributed by atoms with Gasteiger partial charge in [-0.1, -0.05) is 107 Å². The topological polar surface area (TPSA) is 52.6 Å². The Balaban J connectivity index is 4.06. The number of carbonyl (C=O) groups is 2. The largest absolute Gasteiger partial charge is 0.466 e. The van der Waals surface area contributed by atoms with Crippen molar-refractivity contribution >= 4 is 11.9 Å². The summed E-state index contributed by atoms with van der Waals surface area (Å²) in [5.41, 5.74) is 0. The van der Waals surface area contributed by atoms with Crippen LogP contribution in [0.1, 0.15) is 152 Å². The molecule has 4 nitrogen and oxygen atoms in total. The molecule has 4 heteroatoms. The smallest absolute Gasteiger partial charge is 0.309 e. The van der Waals surface area contributed by atoms with Crippen molar-refractivity contribution in [3.63, 3.8) is 0 Å². The highest BCUT2D eigenvalue weighted by atomic mass is 16.5. The first-order chi connectivity index (χ1) is 17.6. The lowest BCUT2D eigenvalue weighted by molar-refractivity contribution is -0.153. The Labute approximate surface area is 231 Å². The van der Waals surface area contributed by atoms with E-state index in [0.29, 0.717) is 43.3 Å². The second-order valence-corrected chi connectivity index (χ2v) is 12.9. The molecule has 0 saturated heterocycles. The summed E-state index contributed by atoms with van der Waals surface area (Å²) in [5.74, 6) is 2.60. The second kappa shape index (κ2) is 22.9. The summed E-state index contributed by atoms with van der Waals surface area (Å²) in [6.07, 6.45) is 16.4. The van der Waals surface area contributed by atoms with Gasteiger partial charge in [0.1, 0.15) is 0 Å². The van der Waals surface area contributed by atoms with Gasteiger partial charge in [-0.15, -0.1) is 0 Å². The minimum Gasteiger partial charge on any atom is -0.466 e. The highest BCUT2D eigenvalue weighted by molar-refractivity contribution is 5.73. The molecule has 0 N–H and O–H groups in total. The summed E-state index contributed by atoms with van der Waals surface area (Å²) >= 11 is 0. The molecule has 0 aliphatic heterocycles. The zero-order chi connectivity index (χ0) is 28.1. The van der Waals surface area contributed by atoms with Crippen molar-refractivity contribution in [2.45, 2.75) is 152 Å². The highest BCUT2D eigenvalue weighted by Crippen LogP contribution is 2.33. The van der Waals surface area contributed by atoms with Gasteiger partial charge in [-0.05, 0) is 68.1 Å². The van der Waals surface area contributed by atoms with Crippen LogP contribution in [0.2, 0.25) is 0 Å². The van der Waals surface area contributed by atoms with Gasteiger partial charge in [-0.25, -0.2) is 0 Å². The Morgan fingerprint density at radius 1 is 0.514 bits per heavy atom. The number of unbranched alkanes of at least 4 members (excludes halogenated alkanes) is 8. The van der Waals surface area contributed by atoms with Crippen LogP contribution in [0.25, 0.3) is 0 Å². The second-order valence-electron chi connectivity index (χ2n) is 12.9. The van der Waals surface area contributed by atoms with Crippen molar-refractivity contribution in [2.24, 2.45) is 35.5 Å². The average Bonchev–Trinajstić information content (AvgIpc) is 2.80. The Morgan fingerprint density at radius 2 is 0.973 bits per heavy atom. The normalized spacial score (nSPS) is 13.5. The van der Waals surface area contributed by atoms with Crippen LogP contribution >= 0.6 is 0 Å². The molecule has 0 aromatic heterocycles. The maximum atomic E-state index is 13.0. The van der Waals surface area contributed by atoms with Gasteiger partial charge in [0.25, 0.3) is 0 Å². The van der Waals surface area contributed by atoms with Gasteiger partial charge in [0.2, 0.25) is 0 Å². The molecule has 37 heavy (non-hydrogen) atoms. The van der Waals surface area contributed by atoms with Crippen molar-refractivity contribution in [2.75, 3.05) is 13.2 Å². The molecular weight excluding hydrogens is 460 g/mol. The van der Waals surface area contributed by atoms with E-state index in [9.17, 15) is 9.59 Å². The molecule has 0 aliphatic rings. The molecule has 0 heterocycles. The van der Waals surface area contributed by atoms with E-state index >= 15 is 0 Å². The molecule has 0 saturated carbocycles. The van der Waals surface area contributed by atoms with Crippen LogP contribution < -0.4 is 0 Å². The van der Waals surface area contributed by atoms with Crippen LogP contribution in [0, 0.1) is 35.5 Å². The molecular formula is C33H64O4. The van der Waals surface area contributed by atoms with Crippen LogP contribution in [0.5, 0.6) is 0 Å². The van der Waals surface area contributed by atoms with Crippen LogP contribution in [0.4, 0.5) is 0 Å². The van der Waals surface area contributed by atoms with Gasteiger partial charge in [0.05, 0.1) is 19.1 Å². The van der Waals surface area contributed by atoms with Gasteiger partial charge in [0, 0.05) is 6.42 Å². The van der Waals surface area contributed by atoms with Crippen LogP contribution in [0.3, 0.4) is 0 Å². The number of hydrogen-bond donors (Lipinski definition) is 0. The van der Waals surface area contributed by atoms with Gasteiger partial charge >= 0.3 is 11.9 Å². The third kappa shape index (κ3) is 20.6. The van der Waals surface area contributed by atoms with Crippen molar-refractivity contribution < 1.29 is 19.1 Å². The molecule has 220 valence electrons. The molecule has 0 amide bonds. The molecule has 0 rings (SSSR count). The SMILES string of the molecule is CC(C)CCCCOC(=O)CCCCCCCCCC(C(C)C)C(C(=O)OCCCCC(C)C)C(C)C. The fourth-order valence-electron chi connectivity index (χ4n) is 5.24. The van der Waals surface area contributed by atoms with Crippen LogP contribution in [0.15, 0.2) is 0 Å². The zero-order valence-corrected chi connectivity index (χ0v) is 26.1. The first-order valence-electron chi connectivity index (χ1n) is 15.9. The molecule has 2 atom stereocenters. The summed E-state index contributed by atoms with van der Waals surface area (Å²) in [6, 6.07) is 0. The minimum atomic E-state index is -0.0296. The van der Waals surface area contributed by atoms with Gasteiger partial charge in [-0.2, -0.15) is 0 Å². The number of ether oxygens (including phenoxy) is 2. The average molecular weight is 525 g/mol. The molecule has 0 fully saturated rings. The van der Waals surface area contributed by atoms with Crippen LogP contribution in [-0.4, -0.2) is 25.2 Å². The van der Waals surface area contributed by atoms with Crippen molar-refractivity contribution in [1.29, 1.82) is 0 Å². The standard InChI is InChI=1S/C33H64O4/c1-26(2)20-16-18-24-36-31(34)23-15-13-11-9-10-12-14-22-30(28(5)6)32(29(7)8)33(35)37-25-19-17-21-27(3)4/h26-30,32H,9-25H2,1-8H3. The summed E-state index contributed by atoms with van der Waals surface area (Å²) in [6.45, 7) is 18.9. The summed E-state index contributed by atoms with van der Waals surface area (Å²) < 4.78 is 11.1. The lowest BCUT2D eigenvalue weighted by atomic mass is 9.74.